The molecular weight excluding hydrogens is 256 g/mol. The number of hydrogen-bond donors (Lipinski definition) is 2. The lowest BCUT2D eigenvalue weighted by molar-refractivity contribution is 0.171. The number of anilines is 2. The molecule has 0 aliphatic heterocycles. The van der Waals surface area contributed by atoms with Gasteiger partial charge in [-0.3, -0.25) is 5.10 Å². The van der Waals surface area contributed by atoms with Gasteiger partial charge in [-0.1, -0.05) is 0 Å². The smallest absolute Gasteiger partial charge is 0.0672 e. The van der Waals surface area contributed by atoms with Crippen LogP contribution in [-0.2, 0) is 9.47 Å². The van der Waals surface area contributed by atoms with Crippen LogP contribution in [0.1, 0.15) is 6.92 Å². The summed E-state index contributed by atoms with van der Waals surface area (Å²) in [6, 6.07) is 4.17. The average molecular weight is 278 g/mol. The lowest BCUT2D eigenvalue weighted by Gasteiger charge is -2.31. The van der Waals surface area contributed by atoms with Gasteiger partial charge in [0.15, 0.2) is 0 Å². The van der Waals surface area contributed by atoms with Crippen molar-refractivity contribution in [2.75, 3.05) is 44.6 Å². The highest BCUT2D eigenvalue weighted by atomic mass is 16.5. The first kappa shape index (κ1) is 14.6. The minimum Gasteiger partial charge on any atom is -0.397 e. The molecule has 1 aromatic carbocycles. The molecule has 0 saturated carbocycles. The average Bonchev–Trinajstić information content (AvgIpc) is 2.86. The molecule has 2 rings (SSSR count). The van der Waals surface area contributed by atoms with Crippen LogP contribution in [0, 0.1) is 0 Å². The third kappa shape index (κ3) is 3.02. The molecule has 2 aromatic rings. The number of ether oxygens (including phenoxy) is 2. The van der Waals surface area contributed by atoms with Gasteiger partial charge >= 0.3 is 0 Å². The topological polar surface area (TPSA) is 76.4 Å². The Balaban J connectivity index is 2.35. The number of H-pyrrole nitrogens is 1. The molecule has 1 atom stereocenters. The Kier molecular flexibility index (Phi) is 4.81. The number of benzene rings is 1. The molecule has 6 nitrogen and oxygen atoms in total. The minimum atomic E-state index is 0.206. The van der Waals surface area contributed by atoms with Crippen molar-refractivity contribution in [3.8, 4) is 0 Å². The molecule has 1 aromatic heterocycles. The van der Waals surface area contributed by atoms with E-state index in [4.69, 9.17) is 15.2 Å². The summed E-state index contributed by atoms with van der Waals surface area (Å²) in [4.78, 5) is 2.20. The van der Waals surface area contributed by atoms with E-state index in [0.717, 1.165) is 28.8 Å². The van der Waals surface area contributed by atoms with Crippen molar-refractivity contribution in [1.29, 1.82) is 0 Å². The Labute approximate surface area is 118 Å². The van der Waals surface area contributed by atoms with E-state index in [0.29, 0.717) is 13.2 Å². The van der Waals surface area contributed by atoms with Gasteiger partial charge < -0.3 is 20.1 Å². The molecule has 110 valence electrons. The second kappa shape index (κ2) is 6.58. The van der Waals surface area contributed by atoms with E-state index in [-0.39, 0.29) is 6.04 Å². The normalized spacial score (nSPS) is 12.8. The molecule has 1 unspecified atom stereocenters. The zero-order chi connectivity index (χ0) is 14.5. The summed E-state index contributed by atoms with van der Waals surface area (Å²) < 4.78 is 10.4. The van der Waals surface area contributed by atoms with E-state index >= 15 is 0 Å². The van der Waals surface area contributed by atoms with Crippen LogP contribution in [0.3, 0.4) is 0 Å². The van der Waals surface area contributed by atoms with Gasteiger partial charge in [0.05, 0.1) is 36.3 Å². The Hall–Kier alpha value is -1.79. The molecular formula is C14H22N4O2. The molecule has 6 heteroatoms. The second-order valence-electron chi connectivity index (χ2n) is 4.86. The SMILES string of the molecule is COCCN(c1cc2[nH]ncc2cc1N)C(C)COC. The fraction of sp³-hybridized carbons (Fsp3) is 0.500. The number of hydrogen-bond acceptors (Lipinski definition) is 5. The second-order valence-corrected chi connectivity index (χ2v) is 4.86. The highest BCUT2D eigenvalue weighted by Gasteiger charge is 2.17. The van der Waals surface area contributed by atoms with Crippen LogP contribution in [0.2, 0.25) is 0 Å². The zero-order valence-corrected chi connectivity index (χ0v) is 12.2. The number of aromatic amines is 1. The lowest BCUT2D eigenvalue weighted by Crippen LogP contribution is -2.39. The monoisotopic (exact) mass is 278 g/mol. The zero-order valence-electron chi connectivity index (χ0n) is 12.2. The maximum absolute atomic E-state index is 6.19. The van der Waals surface area contributed by atoms with Crippen LogP contribution in [0.25, 0.3) is 10.9 Å². The summed E-state index contributed by atoms with van der Waals surface area (Å²) in [5, 5.41) is 8.02. The molecule has 0 spiro atoms. The van der Waals surface area contributed by atoms with Crippen molar-refractivity contribution >= 4 is 22.3 Å². The van der Waals surface area contributed by atoms with E-state index in [1.54, 1.807) is 20.4 Å². The highest BCUT2D eigenvalue weighted by Crippen LogP contribution is 2.29. The van der Waals surface area contributed by atoms with E-state index in [2.05, 4.69) is 22.0 Å². The first-order valence-corrected chi connectivity index (χ1v) is 6.64. The van der Waals surface area contributed by atoms with Crippen molar-refractivity contribution < 1.29 is 9.47 Å². The quantitative estimate of drug-likeness (QED) is 0.753. The van der Waals surface area contributed by atoms with Gasteiger partial charge in [-0.2, -0.15) is 5.10 Å². The molecule has 0 radical (unpaired) electrons. The van der Waals surface area contributed by atoms with Gasteiger partial charge in [0, 0.05) is 32.2 Å². The predicted molar refractivity (Wildman–Crippen MR) is 81.1 cm³/mol. The van der Waals surface area contributed by atoms with Crippen LogP contribution in [-0.4, -0.2) is 50.2 Å². The van der Waals surface area contributed by atoms with E-state index in [1.165, 1.54) is 0 Å². The van der Waals surface area contributed by atoms with Crippen LogP contribution >= 0.6 is 0 Å². The fourth-order valence-corrected chi connectivity index (χ4v) is 2.35. The van der Waals surface area contributed by atoms with Gasteiger partial charge in [0.1, 0.15) is 0 Å². The highest BCUT2D eigenvalue weighted by molar-refractivity contribution is 5.89. The molecule has 0 aliphatic carbocycles. The number of nitrogens with two attached hydrogens (primary N) is 1. The molecule has 3 N–H and O–H groups in total. The summed E-state index contributed by atoms with van der Waals surface area (Å²) in [5.41, 5.74) is 8.87. The number of aromatic nitrogens is 2. The number of nitrogens with zero attached hydrogens (tertiary/aromatic N) is 2. The maximum atomic E-state index is 6.19. The largest absolute Gasteiger partial charge is 0.397 e. The molecule has 0 aliphatic rings. The number of fused-ring (bicyclic) bond motifs is 1. The molecule has 0 amide bonds. The Morgan fingerprint density at radius 1 is 1.35 bits per heavy atom. The fourth-order valence-electron chi connectivity index (χ4n) is 2.35. The van der Waals surface area contributed by atoms with Gasteiger partial charge in [-0.15, -0.1) is 0 Å². The maximum Gasteiger partial charge on any atom is 0.0672 e. The third-order valence-corrected chi connectivity index (χ3v) is 3.37. The van der Waals surface area contributed by atoms with Crippen molar-refractivity contribution in [3.05, 3.63) is 18.3 Å². The first-order valence-electron chi connectivity index (χ1n) is 6.64. The first-order chi connectivity index (χ1) is 9.67. The molecule has 0 fully saturated rings. The predicted octanol–water partition coefficient (Wildman–Crippen LogP) is 1.63. The summed E-state index contributed by atoms with van der Waals surface area (Å²) in [7, 11) is 3.40. The summed E-state index contributed by atoms with van der Waals surface area (Å²) >= 11 is 0. The molecule has 0 saturated heterocycles. The summed E-state index contributed by atoms with van der Waals surface area (Å²) in [5.74, 6) is 0. The molecule has 0 bridgehead atoms. The van der Waals surface area contributed by atoms with E-state index in [9.17, 15) is 0 Å². The van der Waals surface area contributed by atoms with Gasteiger partial charge in [0.2, 0.25) is 0 Å². The Morgan fingerprint density at radius 2 is 2.15 bits per heavy atom. The Morgan fingerprint density at radius 3 is 2.85 bits per heavy atom. The molecule has 1 heterocycles. The number of nitrogens with one attached hydrogen (secondary N) is 1. The van der Waals surface area contributed by atoms with Crippen molar-refractivity contribution in [3.63, 3.8) is 0 Å². The number of nitrogen functional groups attached to an aromatic ring is 1. The van der Waals surface area contributed by atoms with Crippen LogP contribution in [0.5, 0.6) is 0 Å². The van der Waals surface area contributed by atoms with Crippen LogP contribution in [0.4, 0.5) is 11.4 Å². The van der Waals surface area contributed by atoms with E-state index < -0.39 is 0 Å². The van der Waals surface area contributed by atoms with Crippen molar-refractivity contribution in [2.45, 2.75) is 13.0 Å². The number of rotatable bonds is 7. The lowest BCUT2D eigenvalue weighted by atomic mass is 10.1. The van der Waals surface area contributed by atoms with Gasteiger partial charge in [-0.25, -0.2) is 0 Å². The van der Waals surface area contributed by atoms with Crippen LogP contribution < -0.4 is 10.6 Å². The van der Waals surface area contributed by atoms with Crippen molar-refractivity contribution in [2.24, 2.45) is 0 Å². The number of methoxy groups -OCH3 is 2. The third-order valence-electron chi connectivity index (χ3n) is 3.37. The minimum absolute atomic E-state index is 0.206. The summed E-state index contributed by atoms with van der Waals surface area (Å²) in [6.07, 6.45) is 1.77. The van der Waals surface area contributed by atoms with Gasteiger partial charge in [0.25, 0.3) is 0 Å². The Bertz CT molecular complexity index is 555. The molecule has 20 heavy (non-hydrogen) atoms. The van der Waals surface area contributed by atoms with E-state index in [1.807, 2.05) is 12.1 Å². The standard InChI is InChI=1S/C14H22N4O2/c1-10(9-20-3)18(4-5-19-2)14-7-13-11(6-12(14)15)8-16-17-13/h6-8,10H,4-5,9,15H2,1-3H3,(H,16,17). The van der Waals surface area contributed by atoms with Crippen LogP contribution in [0.15, 0.2) is 18.3 Å². The summed E-state index contributed by atoms with van der Waals surface area (Å²) in [6.45, 7) is 4.12. The van der Waals surface area contributed by atoms with Gasteiger partial charge in [-0.05, 0) is 19.1 Å². The van der Waals surface area contributed by atoms with Crippen molar-refractivity contribution in [1.82, 2.24) is 10.2 Å².